The van der Waals surface area contributed by atoms with E-state index in [1.807, 2.05) is 35.9 Å². The molecule has 3 aromatic rings. The van der Waals surface area contributed by atoms with Gasteiger partial charge in [-0.25, -0.2) is 14.6 Å². The van der Waals surface area contributed by atoms with E-state index < -0.39 is 11.9 Å². The summed E-state index contributed by atoms with van der Waals surface area (Å²) in [4.78, 5) is 29.0. The van der Waals surface area contributed by atoms with Gasteiger partial charge in [0.05, 0.1) is 18.7 Å². The molecule has 0 aliphatic rings. The lowest BCUT2D eigenvalue weighted by Gasteiger charge is -2.10. The van der Waals surface area contributed by atoms with Gasteiger partial charge >= 0.3 is 11.9 Å². The van der Waals surface area contributed by atoms with E-state index in [9.17, 15) is 9.59 Å². The zero-order valence-corrected chi connectivity index (χ0v) is 13.8. The lowest BCUT2D eigenvalue weighted by molar-refractivity contribution is 0.0475. The highest BCUT2D eigenvalue weighted by molar-refractivity contribution is 6.17. The van der Waals surface area contributed by atoms with Gasteiger partial charge in [0.25, 0.3) is 0 Å². The lowest BCUT2D eigenvalue weighted by atomic mass is 10.1. The quantitative estimate of drug-likeness (QED) is 0.689. The molecule has 0 aliphatic carbocycles. The summed E-state index contributed by atoms with van der Waals surface area (Å²) in [6.45, 7) is 3.84. The van der Waals surface area contributed by atoms with Gasteiger partial charge in [-0.3, -0.25) is 0 Å². The minimum atomic E-state index is -0.632. The number of para-hydroxylation sites is 1. The first-order chi connectivity index (χ1) is 11.6. The second-order valence-corrected chi connectivity index (χ2v) is 5.26. The third-order valence-corrected chi connectivity index (χ3v) is 3.89. The Morgan fingerprint density at radius 3 is 2.42 bits per heavy atom. The number of fused-ring (bicyclic) bond motifs is 3. The summed E-state index contributed by atoms with van der Waals surface area (Å²) in [5.74, 6) is -1.21. The molecule has 0 aliphatic heterocycles. The molecule has 2 heterocycles. The molecule has 0 radical (unpaired) electrons. The minimum Gasteiger partial charge on any atom is -0.462 e. The molecule has 0 fully saturated rings. The second-order valence-electron chi connectivity index (χ2n) is 5.26. The molecule has 0 N–H and O–H groups in total. The van der Waals surface area contributed by atoms with Gasteiger partial charge in [-0.1, -0.05) is 18.2 Å². The van der Waals surface area contributed by atoms with Gasteiger partial charge in [-0.2, -0.15) is 0 Å². The zero-order valence-electron chi connectivity index (χ0n) is 13.8. The van der Waals surface area contributed by atoms with Gasteiger partial charge in [0.15, 0.2) is 5.69 Å². The van der Waals surface area contributed by atoms with Crippen LogP contribution in [0, 0.1) is 0 Å². The van der Waals surface area contributed by atoms with E-state index in [2.05, 4.69) is 4.98 Å². The van der Waals surface area contributed by atoms with Crippen LogP contribution in [-0.4, -0.2) is 34.7 Å². The number of ether oxygens (including phenoxy) is 2. The van der Waals surface area contributed by atoms with Crippen LogP contribution in [0.2, 0.25) is 0 Å². The van der Waals surface area contributed by atoms with Crippen molar-refractivity contribution in [2.45, 2.75) is 13.8 Å². The topological polar surface area (TPSA) is 70.4 Å². The predicted octanol–water partition coefficient (Wildman–Crippen LogP) is 3.08. The van der Waals surface area contributed by atoms with E-state index in [0.717, 1.165) is 16.3 Å². The molecule has 0 saturated heterocycles. The Morgan fingerprint density at radius 1 is 1.04 bits per heavy atom. The van der Waals surface area contributed by atoms with Crippen LogP contribution < -0.4 is 0 Å². The van der Waals surface area contributed by atoms with Crippen molar-refractivity contribution in [1.29, 1.82) is 0 Å². The van der Waals surface area contributed by atoms with Crippen molar-refractivity contribution in [3.63, 3.8) is 0 Å². The van der Waals surface area contributed by atoms with Crippen molar-refractivity contribution in [1.82, 2.24) is 9.55 Å². The number of aryl methyl sites for hydroxylation is 1. The van der Waals surface area contributed by atoms with Crippen molar-refractivity contribution in [3.8, 4) is 0 Å². The van der Waals surface area contributed by atoms with Crippen molar-refractivity contribution in [2.24, 2.45) is 7.05 Å². The molecule has 0 saturated carbocycles. The Bertz CT molecular complexity index is 943. The molecule has 6 nitrogen and oxygen atoms in total. The smallest absolute Gasteiger partial charge is 0.357 e. The SMILES string of the molecule is CCOC(=O)c1ncc2c3ccccc3n(C)c2c1C(=O)OCC. The highest BCUT2D eigenvalue weighted by Crippen LogP contribution is 2.31. The number of carbonyl (C=O) groups is 2. The van der Waals surface area contributed by atoms with Gasteiger partial charge in [-0.15, -0.1) is 0 Å². The van der Waals surface area contributed by atoms with Crippen LogP contribution in [0.3, 0.4) is 0 Å². The zero-order chi connectivity index (χ0) is 17.3. The highest BCUT2D eigenvalue weighted by Gasteiger charge is 2.27. The average Bonchev–Trinajstić information content (AvgIpc) is 2.88. The first kappa shape index (κ1) is 16.0. The second kappa shape index (κ2) is 6.31. The summed E-state index contributed by atoms with van der Waals surface area (Å²) in [6.07, 6.45) is 1.60. The molecule has 0 spiro atoms. The standard InChI is InChI=1S/C18H18N2O4/c1-4-23-17(21)14-15(18(22)24-5-2)19-10-12-11-8-6-7-9-13(11)20(3)16(12)14/h6-10H,4-5H2,1-3H3. The van der Waals surface area contributed by atoms with E-state index in [1.54, 1.807) is 20.0 Å². The number of carbonyl (C=O) groups excluding carboxylic acids is 2. The Labute approximate surface area is 139 Å². The molecule has 0 amide bonds. The molecule has 1 aromatic carbocycles. The van der Waals surface area contributed by atoms with Crippen LogP contribution >= 0.6 is 0 Å². The summed E-state index contributed by atoms with van der Waals surface area (Å²) in [7, 11) is 1.85. The number of pyridine rings is 1. The Morgan fingerprint density at radius 2 is 1.71 bits per heavy atom. The number of benzene rings is 1. The van der Waals surface area contributed by atoms with Crippen LogP contribution in [-0.2, 0) is 16.5 Å². The van der Waals surface area contributed by atoms with Crippen LogP contribution in [0.25, 0.3) is 21.8 Å². The molecular weight excluding hydrogens is 308 g/mol. The number of esters is 2. The highest BCUT2D eigenvalue weighted by atomic mass is 16.5. The molecule has 0 atom stereocenters. The van der Waals surface area contributed by atoms with Gasteiger partial charge in [0, 0.05) is 29.5 Å². The Hall–Kier alpha value is -2.89. The molecule has 124 valence electrons. The van der Waals surface area contributed by atoms with E-state index in [4.69, 9.17) is 9.47 Å². The van der Waals surface area contributed by atoms with Crippen molar-refractivity contribution in [3.05, 3.63) is 41.7 Å². The number of hydrogen-bond donors (Lipinski definition) is 0. The van der Waals surface area contributed by atoms with E-state index in [0.29, 0.717) is 5.52 Å². The third-order valence-electron chi connectivity index (χ3n) is 3.89. The number of nitrogens with zero attached hydrogens (tertiary/aromatic N) is 2. The maximum Gasteiger partial charge on any atom is 0.357 e. The normalized spacial score (nSPS) is 11.0. The Balaban J connectivity index is 2.39. The lowest BCUT2D eigenvalue weighted by Crippen LogP contribution is -2.17. The van der Waals surface area contributed by atoms with E-state index in [-0.39, 0.29) is 24.5 Å². The fourth-order valence-corrected chi connectivity index (χ4v) is 2.91. The van der Waals surface area contributed by atoms with Crippen LogP contribution in [0.4, 0.5) is 0 Å². The van der Waals surface area contributed by atoms with Crippen LogP contribution in [0.15, 0.2) is 30.5 Å². The fourth-order valence-electron chi connectivity index (χ4n) is 2.91. The van der Waals surface area contributed by atoms with Crippen molar-refractivity contribution >= 4 is 33.7 Å². The van der Waals surface area contributed by atoms with Crippen molar-refractivity contribution in [2.75, 3.05) is 13.2 Å². The molecular formula is C18H18N2O4. The summed E-state index contributed by atoms with van der Waals surface area (Å²) >= 11 is 0. The fraction of sp³-hybridized carbons (Fsp3) is 0.278. The Kier molecular flexibility index (Phi) is 4.20. The molecule has 2 aromatic heterocycles. The third kappa shape index (κ3) is 2.40. The molecule has 0 bridgehead atoms. The molecule has 0 unspecified atom stereocenters. The molecule has 24 heavy (non-hydrogen) atoms. The maximum absolute atomic E-state index is 12.5. The first-order valence-electron chi connectivity index (χ1n) is 7.80. The largest absolute Gasteiger partial charge is 0.462 e. The molecule has 6 heteroatoms. The van der Waals surface area contributed by atoms with Gasteiger partial charge in [0.2, 0.25) is 0 Å². The number of aromatic nitrogens is 2. The van der Waals surface area contributed by atoms with E-state index in [1.165, 1.54) is 0 Å². The average molecular weight is 326 g/mol. The number of hydrogen-bond acceptors (Lipinski definition) is 5. The molecule has 3 rings (SSSR count). The number of rotatable bonds is 4. The van der Waals surface area contributed by atoms with Gasteiger partial charge in [-0.05, 0) is 19.9 Å². The monoisotopic (exact) mass is 326 g/mol. The van der Waals surface area contributed by atoms with Gasteiger partial charge in [0.1, 0.15) is 5.56 Å². The summed E-state index contributed by atoms with van der Waals surface area (Å²) in [5.41, 5.74) is 1.69. The summed E-state index contributed by atoms with van der Waals surface area (Å²) < 4.78 is 12.1. The first-order valence-corrected chi connectivity index (χ1v) is 7.80. The minimum absolute atomic E-state index is 0.0197. The summed E-state index contributed by atoms with van der Waals surface area (Å²) in [6, 6.07) is 7.75. The predicted molar refractivity (Wildman–Crippen MR) is 90.1 cm³/mol. The van der Waals surface area contributed by atoms with Crippen LogP contribution in [0.5, 0.6) is 0 Å². The summed E-state index contributed by atoms with van der Waals surface area (Å²) in [5, 5.41) is 1.76. The van der Waals surface area contributed by atoms with Crippen molar-refractivity contribution < 1.29 is 19.1 Å². The van der Waals surface area contributed by atoms with Crippen LogP contribution in [0.1, 0.15) is 34.7 Å². The van der Waals surface area contributed by atoms with Gasteiger partial charge < -0.3 is 14.0 Å². The maximum atomic E-state index is 12.5. The van der Waals surface area contributed by atoms with E-state index >= 15 is 0 Å².